The summed E-state index contributed by atoms with van der Waals surface area (Å²) in [5, 5.41) is 7.79. The van der Waals surface area contributed by atoms with Crippen LogP contribution in [0.25, 0.3) is 5.69 Å². The monoisotopic (exact) mass is 246 g/mol. The fourth-order valence-electron chi connectivity index (χ4n) is 1.55. The summed E-state index contributed by atoms with van der Waals surface area (Å²) >= 11 is 0. The van der Waals surface area contributed by atoms with Gasteiger partial charge in [0.05, 0.1) is 24.2 Å². The SMILES string of the molecule is CCOC(=O)c1nnn(-c2ccc(C)nc2)c1C. The molecule has 0 unspecified atom stereocenters. The van der Waals surface area contributed by atoms with E-state index in [0.717, 1.165) is 11.4 Å². The van der Waals surface area contributed by atoms with Crippen LogP contribution in [-0.2, 0) is 4.74 Å². The topological polar surface area (TPSA) is 69.9 Å². The number of aryl methyl sites for hydroxylation is 1. The first kappa shape index (κ1) is 12.2. The fourth-order valence-corrected chi connectivity index (χ4v) is 1.55. The summed E-state index contributed by atoms with van der Waals surface area (Å²) in [4.78, 5) is 15.8. The fraction of sp³-hybridized carbons (Fsp3) is 0.333. The Morgan fingerprint density at radius 1 is 1.39 bits per heavy atom. The van der Waals surface area contributed by atoms with E-state index < -0.39 is 5.97 Å². The van der Waals surface area contributed by atoms with Gasteiger partial charge in [0.25, 0.3) is 0 Å². The molecule has 0 fully saturated rings. The lowest BCUT2D eigenvalue weighted by atomic mass is 10.3. The lowest BCUT2D eigenvalue weighted by molar-refractivity contribution is 0.0518. The van der Waals surface area contributed by atoms with Gasteiger partial charge in [0.2, 0.25) is 0 Å². The van der Waals surface area contributed by atoms with Crippen LogP contribution in [0.4, 0.5) is 0 Å². The van der Waals surface area contributed by atoms with Crippen molar-refractivity contribution < 1.29 is 9.53 Å². The minimum atomic E-state index is -0.457. The Hall–Kier alpha value is -2.24. The van der Waals surface area contributed by atoms with Gasteiger partial charge < -0.3 is 4.74 Å². The van der Waals surface area contributed by atoms with Crippen molar-refractivity contribution in [3.63, 3.8) is 0 Å². The lowest BCUT2D eigenvalue weighted by Crippen LogP contribution is -2.07. The van der Waals surface area contributed by atoms with Crippen LogP contribution in [0.2, 0.25) is 0 Å². The van der Waals surface area contributed by atoms with Crippen LogP contribution < -0.4 is 0 Å². The molecule has 6 nitrogen and oxygen atoms in total. The van der Waals surface area contributed by atoms with Crippen LogP contribution in [0, 0.1) is 13.8 Å². The first-order chi connectivity index (χ1) is 8.63. The third-order valence-electron chi connectivity index (χ3n) is 2.50. The number of hydrogen-bond donors (Lipinski definition) is 0. The predicted octanol–water partition coefficient (Wildman–Crippen LogP) is 1.46. The number of carbonyl (C=O) groups is 1. The highest BCUT2D eigenvalue weighted by molar-refractivity contribution is 5.88. The van der Waals surface area contributed by atoms with Gasteiger partial charge in [-0.1, -0.05) is 5.21 Å². The largest absolute Gasteiger partial charge is 0.461 e. The zero-order valence-corrected chi connectivity index (χ0v) is 10.5. The molecule has 6 heteroatoms. The molecule has 0 saturated carbocycles. The molecule has 2 aromatic rings. The van der Waals surface area contributed by atoms with Crippen molar-refractivity contribution in [2.45, 2.75) is 20.8 Å². The van der Waals surface area contributed by atoms with Crippen molar-refractivity contribution >= 4 is 5.97 Å². The van der Waals surface area contributed by atoms with Gasteiger partial charge in [-0.05, 0) is 32.9 Å². The molecule has 2 heterocycles. The van der Waals surface area contributed by atoms with E-state index in [1.807, 2.05) is 19.1 Å². The van der Waals surface area contributed by atoms with Crippen LogP contribution in [0.5, 0.6) is 0 Å². The molecule has 18 heavy (non-hydrogen) atoms. The summed E-state index contributed by atoms with van der Waals surface area (Å²) in [6.07, 6.45) is 1.69. The Morgan fingerprint density at radius 3 is 2.78 bits per heavy atom. The Balaban J connectivity index is 2.36. The maximum Gasteiger partial charge on any atom is 0.360 e. The van der Waals surface area contributed by atoms with E-state index in [0.29, 0.717) is 12.3 Å². The van der Waals surface area contributed by atoms with E-state index in [1.54, 1.807) is 24.7 Å². The minimum absolute atomic E-state index is 0.234. The Bertz CT molecular complexity index is 560. The third kappa shape index (κ3) is 2.22. The van der Waals surface area contributed by atoms with Crippen molar-refractivity contribution in [3.8, 4) is 5.69 Å². The van der Waals surface area contributed by atoms with Gasteiger partial charge in [-0.25, -0.2) is 9.48 Å². The smallest absolute Gasteiger partial charge is 0.360 e. The van der Waals surface area contributed by atoms with Crippen molar-refractivity contribution in [2.24, 2.45) is 0 Å². The van der Waals surface area contributed by atoms with Gasteiger partial charge in [0.1, 0.15) is 0 Å². The van der Waals surface area contributed by atoms with E-state index in [2.05, 4.69) is 15.3 Å². The highest BCUT2D eigenvalue weighted by atomic mass is 16.5. The molecule has 0 aliphatic carbocycles. The van der Waals surface area contributed by atoms with Gasteiger partial charge in [-0.15, -0.1) is 5.10 Å². The quantitative estimate of drug-likeness (QED) is 0.767. The van der Waals surface area contributed by atoms with Crippen molar-refractivity contribution in [1.29, 1.82) is 0 Å². The molecule has 0 atom stereocenters. The van der Waals surface area contributed by atoms with E-state index in [9.17, 15) is 4.79 Å². The number of esters is 1. The number of ether oxygens (including phenoxy) is 1. The standard InChI is InChI=1S/C12H14N4O2/c1-4-18-12(17)11-9(3)16(15-14-11)10-6-5-8(2)13-7-10/h5-7H,4H2,1-3H3. The summed E-state index contributed by atoms with van der Waals surface area (Å²) in [6, 6.07) is 3.75. The highest BCUT2D eigenvalue weighted by Gasteiger charge is 2.18. The Labute approximate surface area is 105 Å². The predicted molar refractivity (Wildman–Crippen MR) is 64.6 cm³/mol. The van der Waals surface area contributed by atoms with E-state index >= 15 is 0 Å². The van der Waals surface area contributed by atoms with Crippen molar-refractivity contribution in [1.82, 2.24) is 20.0 Å². The molecule has 0 N–H and O–H groups in total. The van der Waals surface area contributed by atoms with Gasteiger partial charge in [-0.3, -0.25) is 4.98 Å². The van der Waals surface area contributed by atoms with Gasteiger partial charge >= 0.3 is 5.97 Å². The third-order valence-corrected chi connectivity index (χ3v) is 2.50. The molecule has 0 spiro atoms. The molecule has 0 radical (unpaired) electrons. The Morgan fingerprint density at radius 2 is 2.17 bits per heavy atom. The average molecular weight is 246 g/mol. The summed E-state index contributed by atoms with van der Waals surface area (Å²) < 4.78 is 6.47. The van der Waals surface area contributed by atoms with Crippen LogP contribution in [-0.4, -0.2) is 32.6 Å². The van der Waals surface area contributed by atoms with Crippen LogP contribution in [0.3, 0.4) is 0 Å². The molecule has 2 aromatic heterocycles. The van der Waals surface area contributed by atoms with Gasteiger partial charge in [0, 0.05) is 5.69 Å². The first-order valence-corrected chi connectivity index (χ1v) is 5.66. The zero-order valence-electron chi connectivity index (χ0n) is 10.5. The minimum Gasteiger partial charge on any atom is -0.461 e. The number of nitrogens with zero attached hydrogens (tertiary/aromatic N) is 4. The molecular weight excluding hydrogens is 232 g/mol. The Kier molecular flexibility index (Phi) is 3.36. The number of rotatable bonds is 3. The lowest BCUT2D eigenvalue weighted by Gasteiger charge is -2.03. The normalized spacial score (nSPS) is 10.4. The van der Waals surface area contributed by atoms with Crippen molar-refractivity contribution in [3.05, 3.63) is 35.4 Å². The van der Waals surface area contributed by atoms with Crippen LogP contribution in [0.15, 0.2) is 18.3 Å². The van der Waals surface area contributed by atoms with E-state index in [-0.39, 0.29) is 5.69 Å². The second-order valence-electron chi connectivity index (χ2n) is 3.81. The molecule has 0 aliphatic rings. The summed E-state index contributed by atoms with van der Waals surface area (Å²) in [5.74, 6) is -0.457. The molecule has 0 amide bonds. The average Bonchev–Trinajstić information content (AvgIpc) is 2.73. The molecule has 2 rings (SSSR count). The first-order valence-electron chi connectivity index (χ1n) is 5.66. The molecule has 94 valence electrons. The highest BCUT2D eigenvalue weighted by Crippen LogP contribution is 2.12. The van der Waals surface area contributed by atoms with Crippen molar-refractivity contribution in [2.75, 3.05) is 6.61 Å². The number of pyridine rings is 1. The summed E-state index contributed by atoms with van der Waals surface area (Å²) in [5.41, 5.74) is 2.56. The summed E-state index contributed by atoms with van der Waals surface area (Å²) in [7, 11) is 0. The molecule has 0 bridgehead atoms. The maximum atomic E-state index is 11.6. The number of carbonyl (C=O) groups excluding carboxylic acids is 1. The number of hydrogen-bond acceptors (Lipinski definition) is 5. The van der Waals surface area contributed by atoms with Crippen LogP contribution in [0.1, 0.15) is 28.8 Å². The summed E-state index contributed by atoms with van der Waals surface area (Å²) in [6.45, 7) is 5.74. The second kappa shape index (κ2) is 4.95. The van der Waals surface area contributed by atoms with Crippen LogP contribution >= 0.6 is 0 Å². The number of aromatic nitrogens is 4. The molecular formula is C12H14N4O2. The molecule has 0 aromatic carbocycles. The van der Waals surface area contributed by atoms with E-state index in [4.69, 9.17) is 4.74 Å². The molecule has 0 aliphatic heterocycles. The van der Waals surface area contributed by atoms with E-state index in [1.165, 1.54) is 0 Å². The molecule has 0 saturated heterocycles. The second-order valence-corrected chi connectivity index (χ2v) is 3.81. The van der Waals surface area contributed by atoms with Gasteiger partial charge in [0.15, 0.2) is 5.69 Å². The van der Waals surface area contributed by atoms with Gasteiger partial charge in [-0.2, -0.15) is 0 Å². The maximum absolute atomic E-state index is 11.6. The zero-order chi connectivity index (χ0) is 13.1.